The second kappa shape index (κ2) is 9.77. The number of esters is 1. The number of carbonyl (C=O) groups is 2. The predicted molar refractivity (Wildman–Crippen MR) is 111 cm³/mol. The summed E-state index contributed by atoms with van der Waals surface area (Å²) in [6.45, 7) is -0.761. The Morgan fingerprint density at radius 2 is 1.82 bits per heavy atom. The maximum Gasteiger partial charge on any atom is 0.416 e. The summed E-state index contributed by atoms with van der Waals surface area (Å²) in [6, 6.07) is 12.4. The second-order valence-electron chi connectivity index (χ2n) is 6.50. The molecular formula is C21H15F3N4O5. The lowest BCUT2D eigenvalue weighted by Crippen LogP contribution is -2.22. The van der Waals surface area contributed by atoms with Crippen LogP contribution in [0.3, 0.4) is 0 Å². The highest BCUT2D eigenvalue weighted by Crippen LogP contribution is 2.31. The number of hydrogen-bond donors (Lipinski definition) is 2. The van der Waals surface area contributed by atoms with E-state index in [1.807, 2.05) is 0 Å². The Labute approximate surface area is 184 Å². The molecule has 3 rings (SSSR count). The number of nitrogens with one attached hydrogen (secondary N) is 2. The lowest BCUT2D eigenvalue weighted by molar-refractivity contribution is -0.383. The maximum absolute atomic E-state index is 12.9. The standard InChI is InChI=1S/C21H15F3N4O5/c22-21(23,24)13-5-3-6-14(11-13)26-19-15(7-4-10-25-19)20(30)33-12-18(29)27-16-8-1-2-9-17(16)28(31)32/h1-11H,12H2,(H,25,26)(H,27,29). The molecule has 1 aromatic heterocycles. The Balaban J connectivity index is 1.68. The van der Waals surface area contributed by atoms with Gasteiger partial charge < -0.3 is 15.4 Å². The van der Waals surface area contributed by atoms with Crippen LogP contribution in [0.5, 0.6) is 0 Å². The number of nitro benzene ring substituents is 1. The Bertz CT molecular complexity index is 1200. The largest absolute Gasteiger partial charge is 0.452 e. The number of anilines is 3. The van der Waals surface area contributed by atoms with Crippen LogP contribution in [0.1, 0.15) is 15.9 Å². The van der Waals surface area contributed by atoms with Gasteiger partial charge in [-0.25, -0.2) is 9.78 Å². The molecule has 12 heteroatoms. The van der Waals surface area contributed by atoms with Gasteiger partial charge in [-0.15, -0.1) is 0 Å². The van der Waals surface area contributed by atoms with Crippen molar-refractivity contribution in [3.05, 3.63) is 88.1 Å². The van der Waals surface area contributed by atoms with Crippen molar-refractivity contribution in [1.82, 2.24) is 4.98 Å². The van der Waals surface area contributed by atoms with Crippen molar-refractivity contribution in [2.24, 2.45) is 0 Å². The number of aromatic nitrogens is 1. The van der Waals surface area contributed by atoms with Crippen LogP contribution in [0.25, 0.3) is 0 Å². The number of rotatable bonds is 7. The highest BCUT2D eigenvalue weighted by molar-refractivity contribution is 5.99. The van der Waals surface area contributed by atoms with E-state index in [-0.39, 0.29) is 28.4 Å². The van der Waals surface area contributed by atoms with Gasteiger partial charge in [0.15, 0.2) is 6.61 Å². The molecule has 0 saturated heterocycles. The fraction of sp³-hybridized carbons (Fsp3) is 0.0952. The molecular weight excluding hydrogens is 445 g/mol. The Hall–Kier alpha value is -4.48. The van der Waals surface area contributed by atoms with Gasteiger partial charge in [0.2, 0.25) is 0 Å². The third-order valence-corrected chi connectivity index (χ3v) is 4.19. The van der Waals surface area contributed by atoms with Crippen LogP contribution in [0.2, 0.25) is 0 Å². The number of carbonyl (C=O) groups excluding carboxylic acids is 2. The fourth-order valence-electron chi connectivity index (χ4n) is 2.71. The number of pyridine rings is 1. The van der Waals surface area contributed by atoms with Crippen molar-refractivity contribution >= 4 is 34.8 Å². The summed E-state index contributed by atoms with van der Waals surface area (Å²) in [5.41, 5.74) is -1.40. The molecule has 0 saturated carbocycles. The molecule has 2 N–H and O–H groups in total. The summed E-state index contributed by atoms with van der Waals surface area (Å²) in [5, 5.41) is 15.9. The average Bonchev–Trinajstić information content (AvgIpc) is 2.78. The van der Waals surface area contributed by atoms with Gasteiger partial charge in [-0.3, -0.25) is 14.9 Å². The number of ether oxygens (including phenoxy) is 1. The SMILES string of the molecule is O=C(COC(=O)c1cccnc1Nc1cccc(C(F)(F)F)c1)Nc1ccccc1[N+](=O)[O-]. The van der Waals surface area contributed by atoms with Gasteiger partial charge >= 0.3 is 12.1 Å². The number of benzene rings is 2. The van der Waals surface area contributed by atoms with Gasteiger partial charge in [-0.1, -0.05) is 18.2 Å². The molecule has 9 nitrogen and oxygen atoms in total. The van der Waals surface area contributed by atoms with E-state index >= 15 is 0 Å². The van der Waals surface area contributed by atoms with E-state index in [1.165, 1.54) is 54.7 Å². The van der Waals surface area contributed by atoms with Gasteiger partial charge in [-0.05, 0) is 36.4 Å². The minimum absolute atomic E-state index is 0.0340. The molecule has 0 aliphatic rings. The first-order valence-corrected chi connectivity index (χ1v) is 9.25. The van der Waals surface area contributed by atoms with Crippen molar-refractivity contribution in [2.45, 2.75) is 6.18 Å². The van der Waals surface area contributed by atoms with Crippen molar-refractivity contribution in [1.29, 1.82) is 0 Å². The highest BCUT2D eigenvalue weighted by atomic mass is 19.4. The summed E-state index contributed by atoms with van der Waals surface area (Å²) in [5.74, 6) is -1.88. The first-order chi connectivity index (χ1) is 15.6. The number of alkyl halides is 3. The van der Waals surface area contributed by atoms with E-state index in [9.17, 15) is 32.9 Å². The first-order valence-electron chi connectivity index (χ1n) is 9.25. The van der Waals surface area contributed by atoms with E-state index in [1.54, 1.807) is 0 Å². The average molecular weight is 460 g/mol. The summed E-state index contributed by atoms with van der Waals surface area (Å²) < 4.78 is 43.7. The minimum Gasteiger partial charge on any atom is -0.452 e. The summed E-state index contributed by atoms with van der Waals surface area (Å²) >= 11 is 0. The molecule has 0 aliphatic carbocycles. The lowest BCUT2D eigenvalue weighted by atomic mass is 10.2. The predicted octanol–water partition coefficient (Wildman–Crippen LogP) is 4.55. The molecule has 1 amide bonds. The highest BCUT2D eigenvalue weighted by Gasteiger charge is 2.30. The summed E-state index contributed by atoms with van der Waals surface area (Å²) in [7, 11) is 0. The second-order valence-corrected chi connectivity index (χ2v) is 6.50. The number of para-hydroxylation sites is 2. The molecule has 33 heavy (non-hydrogen) atoms. The molecule has 0 atom stereocenters. The zero-order valence-corrected chi connectivity index (χ0v) is 16.6. The zero-order valence-electron chi connectivity index (χ0n) is 16.6. The van der Waals surface area contributed by atoms with Crippen molar-refractivity contribution in [3.63, 3.8) is 0 Å². The van der Waals surface area contributed by atoms with Crippen molar-refractivity contribution in [2.75, 3.05) is 17.2 Å². The van der Waals surface area contributed by atoms with Crippen LogP contribution in [0.15, 0.2) is 66.9 Å². The Morgan fingerprint density at radius 1 is 1.06 bits per heavy atom. The van der Waals surface area contributed by atoms with E-state index in [4.69, 9.17) is 4.74 Å². The van der Waals surface area contributed by atoms with Crippen LogP contribution < -0.4 is 10.6 Å². The summed E-state index contributed by atoms with van der Waals surface area (Å²) in [4.78, 5) is 38.8. The third kappa shape index (κ3) is 6.03. The van der Waals surface area contributed by atoms with Crippen LogP contribution >= 0.6 is 0 Å². The van der Waals surface area contributed by atoms with Crippen LogP contribution in [0.4, 0.5) is 36.1 Å². The molecule has 1 heterocycles. The maximum atomic E-state index is 12.9. The van der Waals surface area contributed by atoms with Gasteiger partial charge in [0.25, 0.3) is 11.6 Å². The topological polar surface area (TPSA) is 123 Å². The van der Waals surface area contributed by atoms with E-state index in [0.29, 0.717) is 0 Å². The van der Waals surface area contributed by atoms with Crippen LogP contribution in [-0.4, -0.2) is 28.4 Å². The van der Waals surface area contributed by atoms with Crippen molar-refractivity contribution < 1.29 is 32.4 Å². The van der Waals surface area contributed by atoms with E-state index < -0.39 is 35.1 Å². The first kappa shape index (κ1) is 23.2. The molecule has 0 fully saturated rings. The Kier molecular flexibility index (Phi) is 6.86. The monoisotopic (exact) mass is 460 g/mol. The molecule has 0 bridgehead atoms. The summed E-state index contributed by atoms with van der Waals surface area (Å²) in [6.07, 6.45) is -3.24. The van der Waals surface area contributed by atoms with Crippen LogP contribution in [-0.2, 0) is 15.7 Å². The molecule has 0 aliphatic heterocycles. The number of nitrogens with zero attached hydrogens (tertiary/aromatic N) is 2. The number of halogens is 3. The number of nitro groups is 1. The molecule has 2 aromatic carbocycles. The van der Waals surface area contributed by atoms with Gasteiger partial charge in [-0.2, -0.15) is 13.2 Å². The molecule has 0 unspecified atom stereocenters. The molecule has 3 aromatic rings. The third-order valence-electron chi connectivity index (χ3n) is 4.19. The Morgan fingerprint density at radius 3 is 2.55 bits per heavy atom. The van der Waals surface area contributed by atoms with E-state index in [0.717, 1.165) is 12.1 Å². The fourth-order valence-corrected chi connectivity index (χ4v) is 2.71. The van der Waals surface area contributed by atoms with Gasteiger partial charge in [0.1, 0.15) is 17.1 Å². The molecule has 0 radical (unpaired) electrons. The van der Waals surface area contributed by atoms with Crippen molar-refractivity contribution in [3.8, 4) is 0 Å². The van der Waals surface area contributed by atoms with Gasteiger partial charge in [0, 0.05) is 18.0 Å². The quantitative estimate of drug-likeness (QED) is 0.301. The van der Waals surface area contributed by atoms with E-state index in [2.05, 4.69) is 15.6 Å². The van der Waals surface area contributed by atoms with Gasteiger partial charge in [0.05, 0.1) is 10.5 Å². The number of hydrogen-bond acceptors (Lipinski definition) is 7. The van der Waals surface area contributed by atoms with Crippen LogP contribution in [0, 0.1) is 10.1 Å². The minimum atomic E-state index is -4.55. The number of amides is 1. The molecule has 170 valence electrons. The molecule has 0 spiro atoms. The zero-order chi connectivity index (χ0) is 24.0. The smallest absolute Gasteiger partial charge is 0.416 e. The normalized spacial score (nSPS) is 10.9. The lowest BCUT2D eigenvalue weighted by Gasteiger charge is -2.13.